The number of benzene rings is 1. The van der Waals surface area contributed by atoms with E-state index < -0.39 is 5.82 Å². The molecule has 0 unspecified atom stereocenters. The topological polar surface area (TPSA) is 107 Å². The van der Waals surface area contributed by atoms with Crippen molar-refractivity contribution in [2.24, 2.45) is 5.73 Å². The summed E-state index contributed by atoms with van der Waals surface area (Å²) in [6.45, 7) is 8.66. The Morgan fingerprint density at radius 3 is 2.47 bits per heavy atom. The van der Waals surface area contributed by atoms with Crippen molar-refractivity contribution in [3.8, 4) is 5.75 Å². The highest BCUT2D eigenvalue weighted by Crippen LogP contribution is 2.31. The van der Waals surface area contributed by atoms with Crippen molar-refractivity contribution < 1.29 is 14.2 Å². The van der Waals surface area contributed by atoms with E-state index in [1.54, 1.807) is 24.4 Å². The van der Waals surface area contributed by atoms with Crippen LogP contribution < -0.4 is 26.8 Å². The number of nitrogens with zero attached hydrogens (tertiary/aromatic N) is 1. The molecule has 184 valence electrons. The highest BCUT2D eigenvalue weighted by Gasteiger charge is 2.39. The third-order valence-corrected chi connectivity index (χ3v) is 6.20. The number of piperidine rings is 1. The number of halogens is 1. The number of allylic oxidation sites excluding steroid dienone is 2. The molecule has 0 bridgehead atoms. The number of methoxy groups -OCH3 is 1. The van der Waals surface area contributed by atoms with Gasteiger partial charge in [0.25, 0.3) is 0 Å². The van der Waals surface area contributed by atoms with Gasteiger partial charge in [-0.2, -0.15) is 0 Å². The first-order valence-electron chi connectivity index (χ1n) is 11.3. The molecule has 1 saturated heterocycles. The molecule has 1 aromatic rings. The van der Waals surface area contributed by atoms with Gasteiger partial charge in [-0.25, -0.2) is 4.39 Å². The van der Waals surface area contributed by atoms with Gasteiger partial charge in [-0.3, -0.25) is 5.41 Å². The summed E-state index contributed by atoms with van der Waals surface area (Å²) in [5.41, 5.74) is 6.76. The molecule has 3 rings (SSSR count). The normalized spacial score (nSPS) is 22.1. The second-order valence-corrected chi connectivity index (χ2v) is 10.2. The smallest absolute Gasteiger partial charge is 0.190 e. The maximum absolute atomic E-state index is 15.0. The highest BCUT2D eigenvalue weighted by atomic mass is 19.1. The van der Waals surface area contributed by atoms with E-state index in [0.29, 0.717) is 16.7 Å². The van der Waals surface area contributed by atoms with Crippen molar-refractivity contribution >= 4 is 17.1 Å². The zero-order chi connectivity index (χ0) is 25.3. The first-order valence-corrected chi connectivity index (χ1v) is 11.3. The summed E-state index contributed by atoms with van der Waals surface area (Å²) < 4.78 is 20.1. The van der Waals surface area contributed by atoms with Gasteiger partial charge in [0.2, 0.25) is 0 Å². The number of nitrogens with one attached hydrogen (secondary N) is 3. The Morgan fingerprint density at radius 2 is 1.88 bits per heavy atom. The predicted molar refractivity (Wildman–Crippen MR) is 135 cm³/mol. The van der Waals surface area contributed by atoms with Crippen LogP contribution in [0.4, 0.5) is 4.39 Å². The number of ether oxygens (including phenoxy) is 1. The molecule has 2 aliphatic rings. The van der Waals surface area contributed by atoms with Gasteiger partial charge in [-0.15, -0.1) is 0 Å². The van der Waals surface area contributed by atoms with E-state index >= 15 is 0 Å². The number of hydrogen-bond acceptors (Lipinski definition) is 6. The SMILES string of the molecule is COC1=CC(=c2cc(O)c(=C(N)C=CC(=N)N(C)C3CC(C)(C)NC(C)(C)C3)c(F)c2)C=CN1. The van der Waals surface area contributed by atoms with Gasteiger partial charge < -0.3 is 31.1 Å². The molecule has 1 fully saturated rings. The summed E-state index contributed by atoms with van der Waals surface area (Å²) in [7, 11) is 3.42. The standard InChI is InChI=1S/C26H36FN5O2/c1-25(2)14-18(15-26(3,4)31-25)32(5)22(29)8-7-20(28)24-19(27)11-17(12-21(24)33)16-9-10-30-23(13-16)34-6/h7-13,18,29-31,33H,14-15,28H2,1-6H3. The molecule has 8 heteroatoms. The van der Waals surface area contributed by atoms with Crippen molar-refractivity contribution in [2.75, 3.05) is 14.2 Å². The Balaban J connectivity index is 1.88. The van der Waals surface area contributed by atoms with Crippen LogP contribution in [-0.4, -0.2) is 47.1 Å². The van der Waals surface area contributed by atoms with E-state index in [0.717, 1.165) is 12.8 Å². The average Bonchev–Trinajstić information content (AvgIpc) is 2.74. The summed E-state index contributed by atoms with van der Waals surface area (Å²) in [4.78, 5) is 1.92. The lowest BCUT2D eigenvalue weighted by Gasteiger charge is -2.49. The lowest BCUT2D eigenvalue weighted by molar-refractivity contribution is 0.114. The van der Waals surface area contributed by atoms with Gasteiger partial charge in [0, 0.05) is 42.1 Å². The van der Waals surface area contributed by atoms with Crippen molar-refractivity contribution in [1.29, 1.82) is 5.41 Å². The number of aromatic hydroxyl groups is 1. The van der Waals surface area contributed by atoms with Crippen molar-refractivity contribution in [3.63, 3.8) is 0 Å². The van der Waals surface area contributed by atoms with Crippen LogP contribution in [0.1, 0.15) is 40.5 Å². The molecule has 0 aliphatic carbocycles. The minimum absolute atomic E-state index is 0.0460. The van der Waals surface area contributed by atoms with Crippen LogP contribution in [0.2, 0.25) is 0 Å². The summed E-state index contributed by atoms with van der Waals surface area (Å²) >= 11 is 0. The van der Waals surface area contributed by atoms with E-state index in [2.05, 4.69) is 38.3 Å². The fourth-order valence-corrected chi connectivity index (χ4v) is 4.90. The quantitative estimate of drug-likeness (QED) is 0.342. The Kier molecular flexibility index (Phi) is 7.12. The number of rotatable bonds is 4. The average molecular weight is 470 g/mol. The van der Waals surface area contributed by atoms with E-state index in [1.807, 2.05) is 11.9 Å². The highest BCUT2D eigenvalue weighted by molar-refractivity contribution is 5.92. The van der Waals surface area contributed by atoms with Gasteiger partial charge in [0.15, 0.2) is 5.88 Å². The maximum atomic E-state index is 15.0. The van der Waals surface area contributed by atoms with Gasteiger partial charge in [0.05, 0.1) is 12.3 Å². The molecule has 0 amide bonds. The van der Waals surface area contributed by atoms with Crippen molar-refractivity contribution in [2.45, 2.75) is 57.7 Å². The molecule has 0 saturated carbocycles. The van der Waals surface area contributed by atoms with Crippen LogP contribution in [0.3, 0.4) is 0 Å². The monoisotopic (exact) mass is 469 g/mol. The van der Waals surface area contributed by atoms with Crippen molar-refractivity contribution in [3.05, 3.63) is 64.8 Å². The van der Waals surface area contributed by atoms with E-state index in [9.17, 15) is 9.50 Å². The number of amidine groups is 1. The second-order valence-electron chi connectivity index (χ2n) is 10.2. The minimum atomic E-state index is -0.648. The molecule has 2 aliphatic heterocycles. The summed E-state index contributed by atoms with van der Waals surface area (Å²) in [6.07, 6.45) is 9.93. The number of phenols is 1. The van der Waals surface area contributed by atoms with Gasteiger partial charge in [-0.1, -0.05) is 0 Å². The molecule has 34 heavy (non-hydrogen) atoms. The van der Waals surface area contributed by atoms with Crippen LogP contribution in [0.5, 0.6) is 5.75 Å². The fraction of sp³-hybridized carbons (Fsp3) is 0.423. The Hall–Kier alpha value is -3.26. The number of phenolic OH excluding ortho intramolecular Hbond substituents is 1. The molecule has 6 N–H and O–H groups in total. The Morgan fingerprint density at radius 1 is 1.24 bits per heavy atom. The first kappa shape index (κ1) is 25.4. The summed E-state index contributed by atoms with van der Waals surface area (Å²) in [5, 5.41) is 26.0. The maximum Gasteiger partial charge on any atom is 0.190 e. The van der Waals surface area contributed by atoms with Gasteiger partial charge >= 0.3 is 0 Å². The van der Waals surface area contributed by atoms with Gasteiger partial charge in [0.1, 0.15) is 17.4 Å². The molecule has 7 nitrogen and oxygen atoms in total. The molecule has 0 spiro atoms. The first-order chi connectivity index (χ1) is 15.8. The molecule has 0 radical (unpaired) electrons. The molecular formula is C26H36FN5O2. The van der Waals surface area contributed by atoms with E-state index in [1.165, 1.54) is 25.3 Å². The lowest BCUT2D eigenvalue weighted by atomic mass is 9.79. The largest absolute Gasteiger partial charge is 0.507 e. The number of hydrogen-bond donors (Lipinski definition) is 5. The molecular weight excluding hydrogens is 433 g/mol. The number of likely N-dealkylation sites (N-methyl/N-ethyl adjacent to an activating group) is 1. The predicted octanol–water partition coefficient (Wildman–Crippen LogP) is 2.13. The van der Waals surface area contributed by atoms with Crippen LogP contribution in [0.25, 0.3) is 11.3 Å². The van der Waals surface area contributed by atoms with Crippen LogP contribution in [0.15, 0.2) is 48.5 Å². The molecule has 0 aromatic heterocycles. The summed E-state index contributed by atoms with van der Waals surface area (Å²) in [6, 6.07) is 2.96. The Bertz CT molecular complexity index is 1140. The third-order valence-electron chi connectivity index (χ3n) is 6.20. The second kappa shape index (κ2) is 9.54. The number of dihydropyridines is 1. The van der Waals surface area contributed by atoms with E-state index in [4.69, 9.17) is 15.9 Å². The van der Waals surface area contributed by atoms with Crippen LogP contribution in [0, 0.1) is 11.2 Å². The molecule has 2 heterocycles. The van der Waals surface area contributed by atoms with E-state index in [-0.39, 0.29) is 39.6 Å². The lowest BCUT2D eigenvalue weighted by Crippen LogP contribution is -2.62. The minimum Gasteiger partial charge on any atom is -0.507 e. The zero-order valence-corrected chi connectivity index (χ0v) is 20.8. The molecule has 0 atom stereocenters. The summed E-state index contributed by atoms with van der Waals surface area (Å²) in [5.74, 6) is -0.138. The van der Waals surface area contributed by atoms with Gasteiger partial charge in [-0.05, 0) is 81.7 Å². The molecule has 1 aromatic carbocycles. The zero-order valence-electron chi connectivity index (χ0n) is 20.8. The van der Waals surface area contributed by atoms with Crippen LogP contribution >= 0.6 is 0 Å². The van der Waals surface area contributed by atoms with Crippen molar-refractivity contribution in [1.82, 2.24) is 15.5 Å². The Labute approximate surface area is 200 Å². The third kappa shape index (κ3) is 5.80. The number of nitrogens with two attached hydrogens (primary N) is 1. The van der Waals surface area contributed by atoms with Crippen LogP contribution in [-0.2, 0) is 4.74 Å². The fourth-order valence-electron chi connectivity index (χ4n) is 4.90.